The highest BCUT2D eigenvalue weighted by atomic mass is 79.9. The van der Waals surface area contributed by atoms with Gasteiger partial charge in [-0.2, -0.15) is 0 Å². The van der Waals surface area contributed by atoms with E-state index in [2.05, 4.69) is 26.2 Å². The van der Waals surface area contributed by atoms with Crippen molar-refractivity contribution in [2.75, 3.05) is 5.32 Å². The van der Waals surface area contributed by atoms with E-state index in [0.29, 0.717) is 11.2 Å². The van der Waals surface area contributed by atoms with E-state index in [9.17, 15) is 4.79 Å². The zero-order valence-electron chi connectivity index (χ0n) is 8.75. The molecule has 1 aromatic heterocycles. The van der Waals surface area contributed by atoms with Gasteiger partial charge in [-0.05, 0) is 18.2 Å². The molecule has 0 unspecified atom stereocenters. The highest BCUT2D eigenvalue weighted by Crippen LogP contribution is 2.31. The summed E-state index contributed by atoms with van der Waals surface area (Å²) in [7, 11) is 0. The smallest absolute Gasteiger partial charge is 0.276 e. The molecule has 7 heteroatoms. The van der Waals surface area contributed by atoms with E-state index in [0.717, 1.165) is 9.86 Å². The van der Waals surface area contributed by atoms with E-state index >= 15 is 0 Å². The van der Waals surface area contributed by atoms with Crippen LogP contribution in [0.15, 0.2) is 34.9 Å². The highest BCUT2D eigenvalue weighted by molar-refractivity contribution is 9.10. The first-order valence-electron chi connectivity index (χ1n) is 4.80. The lowest BCUT2D eigenvalue weighted by Crippen LogP contribution is -2.27. The largest absolute Gasteiger partial charge is 0.320 e. The maximum atomic E-state index is 11.6. The second kappa shape index (κ2) is 5.21. The molecule has 0 spiro atoms. The van der Waals surface area contributed by atoms with Crippen LogP contribution in [0.3, 0.4) is 0 Å². The molecule has 0 saturated heterocycles. The van der Waals surface area contributed by atoms with E-state index in [-0.39, 0.29) is 0 Å². The van der Waals surface area contributed by atoms with Crippen LogP contribution in [0.5, 0.6) is 0 Å². The van der Waals surface area contributed by atoms with Gasteiger partial charge >= 0.3 is 0 Å². The third-order valence-electron chi connectivity index (χ3n) is 2.18. The molecular formula is C11H6BrCl3N2O. The van der Waals surface area contributed by atoms with Crippen molar-refractivity contribution in [2.24, 2.45) is 0 Å². The Morgan fingerprint density at radius 1 is 1.33 bits per heavy atom. The lowest BCUT2D eigenvalue weighted by Gasteiger charge is -2.13. The molecule has 1 N–H and O–H groups in total. The van der Waals surface area contributed by atoms with E-state index in [1.54, 1.807) is 18.3 Å². The lowest BCUT2D eigenvalue weighted by molar-refractivity contribution is -0.115. The Hall–Kier alpha value is -0.550. The standard InChI is InChI=1S/C11H6BrCl3N2O/c12-7-4-6-2-1-3-16-9(6)8(5-7)17-10(18)11(13,14)15/h1-5H,(H,17,18). The maximum absolute atomic E-state index is 11.6. The molecule has 1 amide bonds. The summed E-state index contributed by atoms with van der Waals surface area (Å²) in [5.41, 5.74) is 1.11. The number of carbonyl (C=O) groups is 1. The van der Waals surface area contributed by atoms with Crippen molar-refractivity contribution < 1.29 is 4.79 Å². The van der Waals surface area contributed by atoms with Crippen molar-refractivity contribution in [3.63, 3.8) is 0 Å². The van der Waals surface area contributed by atoms with Gasteiger partial charge in [-0.15, -0.1) is 0 Å². The van der Waals surface area contributed by atoms with E-state index in [1.807, 2.05) is 12.1 Å². The number of benzene rings is 1. The number of halogens is 4. The Labute approximate surface area is 127 Å². The summed E-state index contributed by atoms with van der Waals surface area (Å²) < 4.78 is -1.22. The summed E-state index contributed by atoms with van der Waals surface area (Å²) in [6.45, 7) is 0. The van der Waals surface area contributed by atoms with Crippen LogP contribution in [0.4, 0.5) is 5.69 Å². The molecule has 0 aliphatic rings. The normalized spacial score (nSPS) is 11.6. The van der Waals surface area contributed by atoms with Crippen molar-refractivity contribution in [1.82, 2.24) is 4.98 Å². The zero-order chi connectivity index (χ0) is 13.3. The number of carbonyl (C=O) groups excluding carboxylic acids is 1. The van der Waals surface area contributed by atoms with Crippen LogP contribution in [0.1, 0.15) is 0 Å². The van der Waals surface area contributed by atoms with Crippen molar-refractivity contribution in [3.8, 4) is 0 Å². The Kier molecular flexibility index (Phi) is 4.02. The Morgan fingerprint density at radius 3 is 2.72 bits per heavy atom. The number of hydrogen-bond donors (Lipinski definition) is 1. The number of alkyl halides is 3. The predicted octanol–water partition coefficient (Wildman–Crippen LogP) is 4.31. The monoisotopic (exact) mass is 366 g/mol. The van der Waals surface area contributed by atoms with Crippen LogP contribution in [0, 0.1) is 0 Å². The van der Waals surface area contributed by atoms with Gasteiger partial charge in [0.05, 0.1) is 11.2 Å². The Morgan fingerprint density at radius 2 is 2.06 bits per heavy atom. The zero-order valence-corrected chi connectivity index (χ0v) is 12.6. The summed E-state index contributed by atoms with van der Waals surface area (Å²) in [5, 5.41) is 3.41. The van der Waals surface area contributed by atoms with Crippen LogP contribution in [0.25, 0.3) is 10.9 Å². The fourth-order valence-corrected chi connectivity index (χ4v) is 2.06. The van der Waals surface area contributed by atoms with Crippen LogP contribution in [0.2, 0.25) is 0 Å². The molecule has 0 atom stereocenters. The van der Waals surface area contributed by atoms with Gasteiger partial charge in [-0.25, -0.2) is 0 Å². The van der Waals surface area contributed by atoms with Crippen molar-refractivity contribution in [1.29, 1.82) is 0 Å². The first kappa shape index (κ1) is 13.9. The summed E-state index contributed by atoms with van der Waals surface area (Å²) in [6, 6.07) is 7.25. The molecule has 0 radical (unpaired) electrons. The number of rotatable bonds is 1. The Balaban J connectivity index is 2.48. The average Bonchev–Trinajstić information content (AvgIpc) is 2.27. The number of anilines is 1. The van der Waals surface area contributed by atoms with E-state index in [4.69, 9.17) is 34.8 Å². The molecule has 1 aromatic carbocycles. The van der Waals surface area contributed by atoms with Crippen molar-refractivity contribution in [2.45, 2.75) is 3.79 Å². The van der Waals surface area contributed by atoms with Gasteiger partial charge in [0.1, 0.15) is 0 Å². The number of nitrogens with one attached hydrogen (secondary N) is 1. The van der Waals surface area contributed by atoms with Gasteiger partial charge in [0.25, 0.3) is 9.70 Å². The fourth-order valence-electron chi connectivity index (χ4n) is 1.44. The molecule has 18 heavy (non-hydrogen) atoms. The van der Waals surface area contributed by atoms with Gasteiger partial charge < -0.3 is 5.32 Å². The van der Waals surface area contributed by atoms with Crippen molar-refractivity contribution in [3.05, 3.63) is 34.9 Å². The molecule has 0 bridgehead atoms. The molecule has 2 rings (SSSR count). The topological polar surface area (TPSA) is 42.0 Å². The molecular weight excluding hydrogens is 362 g/mol. The average molecular weight is 368 g/mol. The molecule has 0 saturated carbocycles. The minimum Gasteiger partial charge on any atom is -0.320 e. The van der Waals surface area contributed by atoms with Crippen LogP contribution in [-0.2, 0) is 4.79 Å². The van der Waals surface area contributed by atoms with Crippen molar-refractivity contribution >= 4 is 73.2 Å². The summed E-state index contributed by atoms with van der Waals surface area (Å²) in [6.07, 6.45) is 1.63. The molecule has 94 valence electrons. The minimum absolute atomic E-state index is 0.483. The molecule has 0 aliphatic heterocycles. The summed E-state index contributed by atoms with van der Waals surface area (Å²) >= 11 is 19.9. The number of amides is 1. The number of pyridine rings is 1. The van der Waals surface area contributed by atoms with Crippen LogP contribution < -0.4 is 5.32 Å². The molecule has 2 aromatic rings. The van der Waals surface area contributed by atoms with Crippen LogP contribution in [-0.4, -0.2) is 14.7 Å². The van der Waals surface area contributed by atoms with Gasteiger partial charge in [0.15, 0.2) is 0 Å². The second-order valence-corrected chi connectivity index (χ2v) is 6.68. The molecule has 0 aliphatic carbocycles. The van der Waals surface area contributed by atoms with Gasteiger partial charge in [-0.1, -0.05) is 56.8 Å². The van der Waals surface area contributed by atoms with E-state index < -0.39 is 9.70 Å². The lowest BCUT2D eigenvalue weighted by atomic mass is 10.2. The van der Waals surface area contributed by atoms with Gasteiger partial charge in [-0.3, -0.25) is 9.78 Å². The maximum Gasteiger partial charge on any atom is 0.276 e. The van der Waals surface area contributed by atoms with Gasteiger partial charge in [0.2, 0.25) is 0 Å². The number of nitrogens with zero attached hydrogens (tertiary/aromatic N) is 1. The number of fused-ring (bicyclic) bond motifs is 1. The fraction of sp³-hybridized carbons (Fsp3) is 0.0909. The number of hydrogen-bond acceptors (Lipinski definition) is 2. The highest BCUT2D eigenvalue weighted by Gasteiger charge is 2.31. The third kappa shape index (κ3) is 3.06. The predicted molar refractivity (Wildman–Crippen MR) is 78.4 cm³/mol. The molecule has 1 heterocycles. The minimum atomic E-state index is -2.01. The second-order valence-electron chi connectivity index (χ2n) is 3.48. The van der Waals surface area contributed by atoms with E-state index in [1.165, 1.54) is 0 Å². The van der Waals surface area contributed by atoms with Gasteiger partial charge in [0, 0.05) is 16.1 Å². The summed E-state index contributed by atoms with van der Waals surface area (Å²) in [5.74, 6) is -0.724. The number of aromatic nitrogens is 1. The molecule has 0 fully saturated rings. The SMILES string of the molecule is O=C(Nc1cc(Br)cc2cccnc12)C(Cl)(Cl)Cl. The quantitative estimate of drug-likeness (QED) is 0.763. The first-order chi connectivity index (χ1) is 8.38. The van der Waals surface area contributed by atoms with Crippen LogP contribution >= 0.6 is 50.7 Å². The molecule has 3 nitrogen and oxygen atoms in total. The third-order valence-corrected chi connectivity index (χ3v) is 3.15. The Bertz CT molecular complexity index is 613. The first-order valence-corrected chi connectivity index (χ1v) is 6.73. The summed E-state index contributed by atoms with van der Waals surface area (Å²) in [4.78, 5) is 15.8.